The van der Waals surface area contributed by atoms with Crippen LogP contribution in [0.3, 0.4) is 0 Å². The van der Waals surface area contributed by atoms with Crippen LogP contribution in [0.2, 0.25) is 0 Å². The van der Waals surface area contributed by atoms with Crippen LogP contribution in [0.15, 0.2) is 85.3 Å². The van der Waals surface area contributed by atoms with E-state index in [1.165, 1.54) is 0 Å². The lowest BCUT2D eigenvalue weighted by Crippen LogP contribution is -2.26. The summed E-state index contributed by atoms with van der Waals surface area (Å²) in [5, 5.41) is 4.49. The molecule has 0 saturated heterocycles. The summed E-state index contributed by atoms with van der Waals surface area (Å²) in [7, 11) is 3.38. The number of pyridine rings is 3. The van der Waals surface area contributed by atoms with Gasteiger partial charge in [-0.1, -0.05) is 18.2 Å². The standard InChI is InChI=1S/C29H28N4O2/c1-34-24-8-6-21-10-14-31-28(26(21)17-24)19-33(16-12-23-5-3-4-13-30-23)20-29-27-18-25(35-2)9-7-22(27)11-15-32-29/h3-11,13-15,17-18H,12,16,19-20H2,1-2H3. The van der Waals surface area contributed by atoms with E-state index in [0.29, 0.717) is 13.1 Å². The number of fused-ring (bicyclic) bond motifs is 2. The van der Waals surface area contributed by atoms with Crippen molar-refractivity contribution >= 4 is 21.5 Å². The van der Waals surface area contributed by atoms with Crippen LogP contribution in [-0.2, 0) is 19.5 Å². The van der Waals surface area contributed by atoms with Crippen LogP contribution in [-0.4, -0.2) is 40.6 Å². The first-order valence-corrected chi connectivity index (χ1v) is 11.7. The Balaban J connectivity index is 1.49. The molecular formula is C29H28N4O2. The Labute approximate surface area is 205 Å². The summed E-state index contributed by atoms with van der Waals surface area (Å²) in [4.78, 5) is 16.4. The second-order valence-corrected chi connectivity index (χ2v) is 8.47. The number of ether oxygens (including phenoxy) is 2. The van der Waals surface area contributed by atoms with Crippen molar-refractivity contribution in [3.05, 3.63) is 102 Å². The van der Waals surface area contributed by atoms with Gasteiger partial charge in [0.05, 0.1) is 25.6 Å². The predicted molar refractivity (Wildman–Crippen MR) is 139 cm³/mol. The molecule has 3 aromatic heterocycles. The Morgan fingerprint density at radius 3 is 1.77 bits per heavy atom. The van der Waals surface area contributed by atoms with Gasteiger partial charge in [0.15, 0.2) is 0 Å². The fraction of sp³-hybridized carbons (Fsp3) is 0.207. The van der Waals surface area contributed by atoms with Crippen molar-refractivity contribution in [1.82, 2.24) is 19.9 Å². The van der Waals surface area contributed by atoms with Gasteiger partial charge < -0.3 is 9.47 Å². The largest absolute Gasteiger partial charge is 0.497 e. The fourth-order valence-corrected chi connectivity index (χ4v) is 4.38. The lowest BCUT2D eigenvalue weighted by Gasteiger charge is -2.23. The molecule has 0 radical (unpaired) electrons. The van der Waals surface area contributed by atoms with Gasteiger partial charge in [0.25, 0.3) is 0 Å². The summed E-state index contributed by atoms with van der Waals surface area (Å²) < 4.78 is 11.0. The minimum absolute atomic E-state index is 0.680. The van der Waals surface area contributed by atoms with Gasteiger partial charge in [-0.2, -0.15) is 0 Å². The molecule has 0 spiro atoms. The number of nitrogens with zero attached hydrogens (tertiary/aromatic N) is 4. The maximum absolute atomic E-state index is 5.48. The molecule has 0 atom stereocenters. The van der Waals surface area contributed by atoms with Crippen molar-refractivity contribution in [1.29, 1.82) is 0 Å². The van der Waals surface area contributed by atoms with E-state index in [2.05, 4.69) is 40.2 Å². The van der Waals surface area contributed by atoms with Crippen molar-refractivity contribution in [2.45, 2.75) is 19.5 Å². The summed E-state index contributed by atoms with van der Waals surface area (Å²) in [6.07, 6.45) is 6.43. The van der Waals surface area contributed by atoms with Crippen molar-refractivity contribution < 1.29 is 9.47 Å². The molecule has 0 bridgehead atoms. The highest BCUT2D eigenvalue weighted by Gasteiger charge is 2.15. The highest BCUT2D eigenvalue weighted by Crippen LogP contribution is 2.26. The molecular weight excluding hydrogens is 436 g/mol. The molecule has 0 saturated carbocycles. The molecule has 0 unspecified atom stereocenters. The molecule has 0 aliphatic carbocycles. The Kier molecular flexibility index (Phi) is 6.82. The lowest BCUT2D eigenvalue weighted by atomic mass is 10.1. The number of aromatic nitrogens is 3. The van der Waals surface area contributed by atoms with Gasteiger partial charge >= 0.3 is 0 Å². The first kappa shape index (κ1) is 22.7. The summed E-state index contributed by atoms with van der Waals surface area (Å²) in [6, 6.07) is 22.4. The molecule has 5 aromatic rings. The van der Waals surface area contributed by atoms with Crippen LogP contribution in [0.5, 0.6) is 11.5 Å². The molecule has 0 N–H and O–H groups in total. The van der Waals surface area contributed by atoms with Gasteiger partial charge in [-0.25, -0.2) is 0 Å². The highest BCUT2D eigenvalue weighted by molar-refractivity contribution is 5.86. The molecule has 0 aliphatic heterocycles. The van der Waals surface area contributed by atoms with Crippen LogP contribution in [0.1, 0.15) is 17.1 Å². The van der Waals surface area contributed by atoms with Crippen LogP contribution in [0, 0.1) is 0 Å². The SMILES string of the molecule is COc1ccc2ccnc(CN(CCc3ccccn3)Cc3nccc4ccc(OC)cc34)c2c1. The highest BCUT2D eigenvalue weighted by atomic mass is 16.5. The Hall–Kier alpha value is -4.03. The van der Waals surface area contributed by atoms with E-state index < -0.39 is 0 Å². The Morgan fingerprint density at radius 2 is 1.26 bits per heavy atom. The van der Waals surface area contributed by atoms with Crippen LogP contribution in [0.25, 0.3) is 21.5 Å². The second-order valence-electron chi connectivity index (χ2n) is 8.47. The van der Waals surface area contributed by atoms with Crippen molar-refractivity contribution in [3.8, 4) is 11.5 Å². The summed E-state index contributed by atoms with van der Waals surface area (Å²) >= 11 is 0. The zero-order valence-electron chi connectivity index (χ0n) is 20.0. The predicted octanol–water partition coefficient (Wildman–Crippen LogP) is 5.44. The number of hydrogen-bond acceptors (Lipinski definition) is 6. The minimum Gasteiger partial charge on any atom is -0.497 e. The van der Waals surface area contributed by atoms with Gasteiger partial charge in [0, 0.05) is 61.1 Å². The molecule has 5 rings (SSSR count). The number of rotatable bonds is 9. The minimum atomic E-state index is 0.680. The second kappa shape index (κ2) is 10.5. The monoisotopic (exact) mass is 464 g/mol. The molecule has 0 fully saturated rings. The third-order valence-corrected chi connectivity index (χ3v) is 6.27. The average molecular weight is 465 g/mol. The molecule has 2 aromatic carbocycles. The van der Waals surface area contributed by atoms with E-state index in [0.717, 1.165) is 63.1 Å². The van der Waals surface area contributed by atoms with Crippen LogP contribution < -0.4 is 9.47 Å². The van der Waals surface area contributed by atoms with Crippen LogP contribution >= 0.6 is 0 Å². The molecule has 3 heterocycles. The van der Waals surface area contributed by atoms with E-state index in [9.17, 15) is 0 Å². The van der Waals surface area contributed by atoms with Crippen molar-refractivity contribution in [2.24, 2.45) is 0 Å². The smallest absolute Gasteiger partial charge is 0.119 e. The van der Waals surface area contributed by atoms with Crippen molar-refractivity contribution in [2.75, 3.05) is 20.8 Å². The maximum atomic E-state index is 5.48. The summed E-state index contributed by atoms with van der Waals surface area (Å²) in [5.74, 6) is 1.66. The molecule has 0 aliphatic rings. The first-order valence-electron chi connectivity index (χ1n) is 11.7. The van der Waals surface area contributed by atoms with Gasteiger partial charge in [0.2, 0.25) is 0 Å². The number of benzene rings is 2. The van der Waals surface area contributed by atoms with Gasteiger partial charge in [-0.15, -0.1) is 0 Å². The van der Waals surface area contributed by atoms with E-state index in [1.807, 2.05) is 55.0 Å². The number of hydrogen-bond donors (Lipinski definition) is 0. The molecule has 176 valence electrons. The lowest BCUT2D eigenvalue weighted by molar-refractivity contribution is 0.255. The quantitative estimate of drug-likeness (QED) is 0.289. The normalized spacial score (nSPS) is 11.3. The maximum Gasteiger partial charge on any atom is 0.119 e. The van der Waals surface area contributed by atoms with Gasteiger partial charge in [0.1, 0.15) is 11.5 Å². The molecule has 35 heavy (non-hydrogen) atoms. The van der Waals surface area contributed by atoms with Crippen molar-refractivity contribution in [3.63, 3.8) is 0 Å². The summed E-state index contributed by atoms with van der Waals surface area (Å²) in [6.45, 7) is 2.18. The first-order chi connectivity index (χ1) is 17.2. The van der Waals surface area contributed by atoms with E-state index >= 15 is 0 Å². The topological polar surface area (TPSA) is 60.4 Å². The Bertz CT molecular complexity index is 1350. The molecule has 0 amide bonds. The zero-order chi connectivity index (χ0) is 24.0. The van der Waals surface area contributed by atoms with E-state index in [-0.39, 0.29) is 0 Å². The fourth-order valence-electron chi connectivity index (χ4n) is 4.38. The van der Waals surface area contributed by atoms with E-state index in [4.69, 9.17) is 19.4 Å². The van der Waals surface area contributed by atoms with Crippen LogP contribution in [0.4, 0.5) is 0 Å². The average Bonchev–Trinajstić information content (AvgIpc) is 2.92. The number of methoxy groups -OCH3 is 2. The molecule has 6 heteroatoms. The third kappa shape index (κ3) is 5.23. The summed E-state index contributed by atoms with van der Waals surface area (Å²) in [5.41, 5.74) is 3.10. The van der Waals surface area contributed by atoms with E-state index in [1.54, 1.807) is 14.2 Å². The zero-order valence-corrected chi connectivity index (χ0v) is 20.0. The Morgan fingerprint density at radius 1 is 0.657 bits per heavy atom. The third-order valence-electron chi connectivity index (χ3n) is 6.27. The molecule has 6 nitrogen and oxygen atoms in total. The van der Waals surface area contributed by atoms with Gasteiger partial charge in [-0.3, -0.25) is 19.9 Å². The van der Waals surface area contributed by atoms with Gasteiger partial charge in [-0.05, 0) is 59.3 Å².